The van der Waals surface area contributed by atoms with Gasteiger partial charge in [0.2, 0.25) is 0 Å². The second-order valence-corrected chi connectivity index (χ2v) is 29.6. The zero-order valence-electron chi connectivity index (χ0n) is 60.7. The van der Waals surface area contributed by atoms with E-state index in [1.807, 2.05) is 109 Å². The van der Waals surface area contributed by atoms with E-state index in [-0.39, 0.29) is 63.8 Å². The maximum absolute atomic E-state index is 13.5. The fourth-order valence-corrected chi connectivity index (χ4v) is 16.1. The van der Waals surface area contributed by atoms with Crippen LogP contribution >= 0.6 is 11.6 Å². The molecule has 13 aromatic rings. The maximum atomic E-state index is 13.5. The molecule has 0 saturated carbocycles. The van der Waals surface area contributed by atoms with Crippen molar-refractivity contribution in [1.29, 1.82) is 0 Å². The van der Waals surface area contributed by atoms with Crippen LogP contribution in [0, 0.1) is 35.1 Å². The fraction of sp³-hybridized carbons (Fsp3) is 0.312. The van der Waals surface area contributed by atoms with E-state index in [4.69, 9.17) is 40.8 Å². The molecule has 0 radical (unpaired) electrons. The van der Waals surface area contributed by atoms with E-state index in [1.54, 1.807) is 90.0 Å². The van der Waals surface area contributed by atoms with Crippen molar-refractivity contribution in [3.63, 3.8) is 0 Å². The van der Waals surface area contributed by atoms with Gasteiger partial charge in [0, 0.05) is 141 Å². The SMILES string of the molecule is C.CC.Cc1ccc(S(=O)(=O)n2ccc3c(-c4cc(-c5c(C)nnn5C)cc(N5CCOC[C@H]5C)n4)ccnc32)cc1.Cc1ccc(S(=O)(=O)n2ccc3c(-c4cc(Cl)cc(N5CCOC[C@H]5C)n4)ccnc32)cc1.Cc1nnn(C)c1-c1cc(-c2ccnc3[nH]ccc23)nc(N2CCOC[C@H]2C)c1.[CH3-].[W]. The summed E-state index contributed by atoms with van der Waals surface area (Å²) in [7, 11) is -3.84. The number of pyridine rings is 6. The molecule has 0 unspecified atom stereocenters. The molecule has 2 aromatic carbocycles. The number of aryl methyl sites for hydroxylation is 6. The fourth-order valence-electron chi connectivity index (χ4n) is 13.3. The number of morpholine rings is 3. The van der Waals surface area contributed by atoms with Gasteiger partial charge in [-0.15, -0.1) is 10.2 Å². The Kier molecular flexibility index (Phi) is 24.9. The standard InChI is InChI=1S/C28H29N7O3S.C24H23ClN4O3S.C21H23N7O.C2H6.CH4.CH3.W/c1-18-5-7-22(8-6-18)39(36,37)35-12-10-24-23(9-11-29-28(24)35)25-15-21(27-20(3)31-32-33(27)4)16-26(30-25)34-13-14-38-17-19(34)2;1-16-3-5-19(6-4-16)33(30,31)29-10-8-21-20(7-9-26-24(21)29)22-13-18(25)14-23(27-22)28-11-12-32-15-17(28)2;1-13-12-29-9-8-28(13)19-11-15(20-14(2)25-26-27(20)3)10-18(24-19)16-4-6-22-21-17(16)5-7-23-21;1-2;;;/h5-12,15-16,19H,13-14,17H2,1-4H3;3-10,13-14,17H,11-12,15H2,1-2H3;4-7,10-11,13H,8-9,12H2,1-3H3,(H,22,23);1-2H3;1H4;1H3;/q;;;;;-1;/t19-;17-;13-;;;;/m111..../s1. The Balaban J connectivity index is 0.000000167. The number of anilines is 3. The molecule has 0 amide bonds. The van der Waals surface area contributed by atoms with E-state index in [2.05, 4.69) is 94.2 Å². The molecule has 0 bridgehead atoms. The zero-order chi connectivity index (χ0) is 72.4. The Morgan fingerprint density at radius 3 is 1.25 bits per heavy atom. The number of rotatable bonds is 12. The van der Waals surface area contributed by atoms with E-state index in [9.17, 15) is 16.8 Å². The van der Waals surface area contributed by atoms with Gasteiger partial charge in [-0.3, -0.25) is 0 Å². The van der Waals surface area contributed by atoms with Crippen molar-refractivity contribution >= 4 is 82.2 Å². The van der Waals surface area contributed by atoms with Crippen LogP contribution in [0.15, 0.2) is 168 Å². The van der Waals surface area contributed by atoms with Gasteiger partial charge in [0.15, 0.2) is 11.3 Å². The minimum absolute atomic E-state index is 0. The van der Waals surface area contributed by atoms with Gasteiger partial charge in [0.1, 0.15) is 23.1 Å². The molecule has 3 aliphatic heterocycles. The Bertz CT molecular complexity index is 5440. The summed E-state index contributed by atoms with van der Waals surface area (Å²) in [6.07, 6.45) is 10.0. The first kappa shape index (κ1) is 79.0. The first-order chi connectivity index (χ1) is 49.7. The van der Waals surface area contributed by atoms with Crippen molar-refractivity contribution in [3.05, 3.63) is 193 Å². The summed E-state index contributed by atoms with van der Waals surface area (Å²) in [5.74, 6) is 2.52. The van der Waals surface area contributed by atoms with Gasteiger partial charge < -0.3 is 41.3 Å². The second kappa shape index (κ2) is 33.5. The van der Waals surface area contributed by atoms with Crippen molar-refractivity contribution < 1.29 is 52.1 Å². The number of halogens is 1. The van der Waals surface area contributed by atoms with Crippen molar-refractivity contribution in [3.8, 4) is 56.3 Å². The second-order valence-electron chi connectivity index (χ2n) is 25.5. The van der Waals surface area contributed by atoms with Crippen LogP contribution in [0.25, 0.3) is 89.4 Å². The van der Waals surface area contributed by atoms with E-state index in [1.165, 1.54) is 14.1 Å². The van der Waals surface area contributed by atoms with Crippen LogP contribution in [0.1, 0.15) is 64.6 Å². The molecule has 1 N–H and O–H groups in total. The molecule has 25 nitrogen and oxygen atoms in total. The Morgan fingerprint density at radius 1 is 0.491 bits per heavy atom. The molecule has 29 heteroatoms. The summed E-state index contributed by atoms with van der Waals surface area (Å²) in [6.45, 7) is 24.3. The van der Waals surface area contributed by atoms with Crippen LogP contribution < -0.4 is 14.7 Å². The van der Waals surface area contributed by atoms with E-state index in [0.29, 0.717) is 78.1 Å². The zero-order valence-corrected chi connectivity index (χ0v) is 66.0. The molecule has 3 fully saturated rings. The molecule has 554 valence electrons. The summed E-state index contributed by atoms with van der Waals surface area (Å²) >= 11 is 6.47. The summed E-state index contributed by atoms with van der Waals surface area (Å²) in [4.78, 5) is 38.6. The van der Waals surface area contributed by atoms with E-state index >= 15 is 0 Å². The molecular weight excluding hydrogens is 1570 g/mol. The molecule has 3 saturated heterocycles. The smallest absolute Gasteiger partial charge is 0.269 e. The summed E-state index contributed by atoms with van der Waals surface area (Å²) in [5.41, 5.74) is 14.0. The number of aromatic nitrogens is 15. The van der Waals surface area contributed by atoms with Crippen LogP contribution in [0.3, 0.4) is 0 Å². The third kappa shape index (κ3) is 15.9. The summed E-state index contributed by atoms with van der Waals surface area (Å²) in [5, 5.41) is 19.9. The predicted molar refractivity (Wildman–Crippen MR) is 415 cm³/mol. The van der Waals surface area contributed by atoms with Crippen LogP contribution in [0.5, 0.6) is 0 Å². The number of ether oxygens (including phenoxy) is 3. The molecule has 11 aromatic heterocycles. The average molecular weight is 1660 g/mol. The van der Waals surface area contributed by atoms with Crippen LogP contribution in [-0.2, 0) is 69.4 Å². The number of H-pyrrole nitrogens is 1. The predicted octanol–water partition coefficient (Wildman–Crippen LogP) is 13.6. The third-order valence-corrected chi connectivity index (χ3v) is 22.1. The number of aromatic amines is 1. The minimum atomic E-state index is -3.83. The summed E-state index contributed by atoms with van der Waals surface area (Å²) in [6, 6.07) is 37.4. The minimum Gasteiger partial charge on any atom is -0.377 e. The van der Waals surface area contributed by atoms with Crippen molar-refractivity contribution in [2.24, 2.45) is 14.1 Å². The maximum Gasteiger partial charge on any atom is 0.269 e. The largest absolute Gasteiger partial charge is 0.377 e. The molecule has 0 aliphatic carbocycles. The number of benzene rings is 2. The van der Waals surface area contributed by atoms with Crippen molar-refractivity contribution in [1.82, 2.24) is 72.8 Å². The van der Waals surface area contributed by atoms with Gasteiger partial charge in [-0.1, -0.05) is 78.7 Å². The van der Waals surface area contributed by atoms with Gasteiger partial charge in [0.25, 0.3) is 20.0 Å². The van der Waals surface area contributed by atoms with Crippen LogP contribution in [0.2, 0.25) is 5.02 Å². The van der Waals surface area contributed by atoms with Crippen molar-refractivity contribution in [2.75, 3.05) is 74.0 Å². The Morgan fingerprint density at radius 2 is 0.868 bits per heavy atom. The Hall–Kier alpha value is -9.60. The monoisotopic (exact) mass is 1660 g/mol. The topological polar surface area (TPSA) is 270 Å². The van der Waals surface area contributed by atoms with E-state index < -0.39 is 20.0 Å². The number of fused-ring (bicyclic) bond motifs is 3. The molecule has 3 atom stereocenters. The quantitative estimate of drug-likeness (QED) is 0.111. The molecule has 106 heavy (non-hydrogen) atoms. The summed E-state index contributed by atoms with van der Waals surface area (Å²) < 4.78 is 76.5. The number of hydrogen-bond acceptors (Lipinski definition) is 20. The van der Waals surface area contributed by atoms with Gasteiger partial charge in [-0.2, -0.15) is 0 Å². The van der Waals surface area contributed by atoms with Crippen LogP contribution in [-0.4, -0.2) is 167 Å². The third-order valence-electron chi connectivity index (χ3n) is 18.5. The van der Waals surface area contributed by atoms with E-state index in [0.717, 1.165) is 116 Å². The molecule has 14 heterocycles. The normalized spacial score (nSPS) is 16.0. The van der Waals surface area contributed by atoms with Crippen LogP contribution in [0.4, 0.5) is 17.5 Å². The number of hydrogen-bond donors (Lipinski definition) is 1. The van der Waals surface area contributed by atoms with Gasteiger partial charge in [-0.25, -0.2) is 64.0 Å². The Labute approximate surface area is 638 Å². The van der Waals surface area contributed by atoms with Gasteiger partial charge >= 0.3 is 0 Å². The molecule has 0 spiro atoms. The first-order valence-corrected chi connectivity index (χ1v) is 37.4. The molecular formula is C77H88ClN18O7S2W-. The van der Waals surface area contributed by atoms with Gasteiger partial charge in [0.05, 0.1) is 107 Å². The number of nitrogens with one attached hydrogen (secondary N) is 1. The number of nitrogens with zero attached hydrogens (tertiary/aromatic N) is 17. The van der Waals surface area contributed by atoms with Gasteiger partial charge in [-0.05, 0) is 146 Å². The molecule has 3 aliphatic rings. The molecule has 16 rings (SSSR count). The first-order valence-electron chi connectivity index (χ1n) is 34.2. The van der Waals surface area contributed by atoms with Crippen molar-refractivity contribution in [2.45, 2.75) is 97.7 Å². The average Bonchev–Trinajstić information content (AvgIpc) is 1.58.